The summed E-state index contributed by atoms with van der Waals surface area (Å²) in [6.07, 6.45) is 2.10. The molecule has 0 unspecified atom stereocenters. The number of amides is 1. The van der Waals surface area contributed by atoms with Crippen molar-refractivity contribution in [2.75, 3.05) is 12.0 Å². The number of hydrogen-bond donors (Lipinski definition) is 1. The monoisotopic (exact) mass is 253 g/mol. The number of hydrogen-bond acceptors (Lipinski definition) is 3. The number of benzene rings is 1. The Labute approximate surface area is 107 Å². The molecule has 0 atom stereocenters. The molecule has 4 heteroatoms. The molecule has 1 amide bonds. The SMILES string of the molecule is CSCC(=O)NCc1ccc(OC(C)C)cc1. The van der Waals surface area contributed by atoms with Gasteiger partial charge < -0.3 is 10.1 Å². The van der Waals surface area contributed by atoms with E-state index < -0.39 is 0 Å². The van der Waals surface area contributed by atoms with E-state index in [0.717, 1.165) is 11.3 Å². The molecular formula is C13H19NO2S. The quantitative estimate of drug-likeness (QED) is 0.846. The Morgan fingerprint density at radius 2 is 2.00 bits per heavy atom. The second kappa shape index (κ2) is 7.22. The second-order valence-electron chi connectivity index (χ2n) is 4.02. The average molecular weight is 253 g/mol. The molecule has 0 spiro atoms. The summed E-state index contributed by atoms with van der Waals surface area (Å²) in [6.45, 7) is 4.56. The Morgan fingerprint density at radius 3 is 2.53 bits per heavy atom. The van der Waals surface area contributed by atoms with Crippen LogP contribution in [0.5, 0.6) is 5.75 Å². The molecule has 1 N–H and O–H groups in total. The van der Waals surface area contributed by atoms with Gasteiger partial charge in [-0.15, -0.1) is 0 Å². The van der Waals surface area contributed by atoms with E-state index in [1.165, 1.54) is 11.8 Å². The van der Waals surface area contributed by atoms with E-state index in [1.807, 2.05) is 44.4 Å². The molecule has 0 radical (unpaired) electrons. The fourth-order valence-electron chi connectivity index (χ4n) is 1.34. The number of thioether (sulfide) groups is 1. The van der Waals surface area contributed by atoms with Gasteiger partial charge in [0.25, 0.3) is 0 Å². The highest BCUT2D eigenvalue weighted by Crippen LogP contribution is 2.13. The summed E-state index contributed by atoms with van der Waals surface area (Å²) < 4.78 is 5.54. The maximum atomic E-state index is 11.3. The Kier molecular flexibility index (Phi) is 5.91. The van der Waals surface area contributed by atoms with Gasteiger partial charge in [0.2, 0.25) is 5.91 Å². The summed E-state index contributed by atoms with van der Waals surface area (Å²) in [4.78, 5) is 11.3. The maximum Gasteiger partial charge on any atom is 0.230 e. The predicted octanol–water partition coefficient (Wildman–Crippen LogP) is 2.45. The van der Waals surface area contributed by atoms with Crippen LogP contribution in [0.4, 0.5) is 0 Å². The molecule has 0 heterocycles. The molecule has 0 saturated carbocycles. The van der Waals surface area contributed by atoms with Gasteiger partial charge >= 0.3 is 0 Å². The highest BCUT2D eigenvalue weighted by Gasteiger charge is 2.01. The van der Waals surface area contributed by atoms with E-state index in [4.69, 9.17) is 4.74 Å². The lowest BCUT2D eigenvalue weighted by Gasteiger charge is -2.10. The Balaban J connectivity index is 2.42. The number of nitrogens with one attached hydrogen (secondary N) is 1. The summed E-state index contributed by atoms with van der Waals surface area (Å²) >= 11 is 1.52. The first-order chi connectivity index (χ1) is 8.11. The van der Waals surface area contributed by atoms with Crippen molar-refractivity contribution >= 4 is 17.7 Å². The molecule has 0 aromatic heterocycles. The standard InChI is InChI=1S/C13H19NO2S/c1-10(2)16-12-6-4-11(5-7-12)8-14-13(15)9-17-3/h4-7,10H,8-9H2,1-3H3,(H,14,15). The van der Waals surface area contributed by atoms with Crippen LogP contribution >= 0.6 is 11.8 Å². The minimum Gasteiger partial charge on any atom is -0.491 e. The zero-order chi connectivity index (χ0) is 12.7. The molecule has 0 fully saturated rings. The highest BCUT2D eigenvalue weighted by atomic mass is 32.2. The van der Waals surface area contributed by atoms with Gasteiger partial charge in [-0.2, -0.15) is 11.8 Å². The smallest absolute Gasteiger partial charge is 0.230 e. The fraction of sp³-hybridized carbons (Fsp3) is 0.462. The van der Waals surface area contributed by atoms with Crippen LogP contribution in [0.15, 0.2) is 24.3 Å². The van der Waals surface area contributed by atoms with Gasteiger partial charge in [0.05, 0.1) is 11.9 Å². The zero-order valence-electron chi connectivity index (χ0n) is 10.5. The molecule has 0 aliphatic carbocycles. The van der Waals surface area contributed by atoms with E-state index in [0.29, 0.717) is 12.3 Å². The van der Waals surface area contributed by atoms with E-state index in [9.17, 15) is 4.79 Å². The first kappa shape index (κ1) is 13.9. The number of carbonyl (C=O) groups is 1. The molecule has 3 nitrogen and oxygen atoms in total. The molecule has 1 aromatic rings. The van der Waals surface area contributed by atoms with Crippen LogP contribution < -0.4 is 10.1 Å². The molecular weight excluding hydrogens is 234 g/mol. The van der Waals surface area contributed by atoms with Crippen LogP contribution in [0, 0.1) is 0 Å². The van der Waals surface area contributed by atoms with Crippen molar-refractivity contribution in [3.8, 4) is 5.75 Å². The second-order valence-corrected chi connectivity index (χ2v) is 4.89. The summed E-state index contributed by atoms with van der Waals surface area (Å²) in [5.74, 6) is 1.44. The van der Waals surface area contributed by atoms with E-state index in [-0.39, 0.29) is 12.0 Å². The number of carbonyl (C=O) groups excluding carboxylic acids is 1. The molecule has 1 aromatic carbocycles. The van der Waals surface area contributed by atoms with Gasteiger partial charge in [-0.05, 0) is 37.8 Å². The Hall–Kier alpha value is -1.16. The predicted molar refractivity (Wildman–Crippen MR) is 72.4 cm³/mol. The third-order valence-electron chi connectivity index (χ3n) is 2.06. The van der Waals surface area contributed by atoms with Crippen LogP contribution in [0.3, 0.4) is 0 Å². The fourth-order valence-corrected chi connectivity index (χ4v) is 1.71. The largest absolute Gasteiger partial charge is 0.491 e. The van der Waals surface area contributed by atoms with Crippen LogP contribution in [0.2, 0.25) is 0 Å². The third kappa shape index (κ3) is 5.63. The lowest BCUT2D eigenvalue weighted by Crippen LogP contribution is -2.24. The normalized spacial score (nSPS) is 10.4. The van der Waals surface area contributed by atoms with Crippen molar-refractivity contribution < 1.29 is 9.53 Å². The van der Waals surface area contributed by atoms with Crippen LogP contribution in [0.25, 0.3) is 0 Å². The van der Waals surface area contributed by atoms with Crippen LogP contribution in [-0.4, -0.2) is 24.0 Å². The van der Waals surface area contributed by atoms with Gasteiger partial charge in [0, 0.05) is 6.54 Å². The van der Waals surface area contributed by atoms with Crippen molar-refractivity contribution in [2.45, 2.75) is 26.5 Å². The van der Waals surface area contributed by atoms with Gasteiger partial charge in [-0.25, -0.2) is 0 Å². The first-order valence-electron chi connectivity index (χ1n) is 5.63. The highest BCUT2D eigenvalue weighted by molar-refractivity contribution is 7.99. The Bertz CT molecular complexity index is 349. The van der Waals surface area contributed by atoms with E-state index >= 15 is 0 Å². The molecule has 0 saturated heterocycles. The van der Waals surface area contributed by atoms with Crippen molar-refractivity contribution in [2.24, 2.45) is 0 Å². The van der Waals surface area contributed by atoms with Crippen molar-refractivity contribution in [3.05, 3.63) is 29.8 Å². The van der Waals surface area contributed by atoms with Crippen molar-refractivity contribution in [3.63, 3.8) is 0 Å². The summed E-state index contributed by atoms with van der Waals surface area (Å²) in [7, 11) is 0. The van der Waals surface area contributed by atoms with Gasteiger partial charge in [-0.3, -0.25) is 4.79 Å². The molecule has 1 rings (SSSR count). The molecule has 0 aliphatic rings. The summed E-state index contributed by atoms with van der Waals surface area (Å²) in [5, 5.41) is 2.86. The van der Waals surface area contributed by atoms with E-state index in [1.54, 1.807) is 0 Å². The summed E-state index contributed by atoms with van der Waals surface area (Å²) in [5.41, 5.74) is 1.08. The van der Waals surface area contributed by atoms with Crippen molar-refractivity contribution in [1.29, 1.82) is 0 Å². The van der Waals surface area contributed by atoms with E-state index in [2.05, 4.69) is 5.32 Å². The zero-order valence-corrected chi connectivity index (χ0v) is 11.3. The lowest BCUT2D eigenvalue weighted by atomic mass is 10.2. The van der Waals surface area contributed by atoms with Gasteiger partial charge in [0.15, 0.2) is 0 Å². The Morgan fingerprint density at radius 1 is 1.35 bits per heavy atom. The van der Waals surface area contributed by atoms with Crippen LogP contribution in [0.1, 0.15) is 19.4 Å². The minimum absolute atomic E-state index is 0.0695. The molecule has 94 valence electrons. The maximum absolute atomic E-state index is 11.3. The number of ether oxygens (including phenoxy) is 1. The molecule has 0 bridgehead atoms. The third-order valence-corrected chi connectivity index (χ3v) is 2.61. The van der Waals surface area contributed by atoms with Gasteiger partial charge in [0.1, 0.15) is 5.75 Å². The molecule has 17 heavy (non-hydrogen) atoms. The van der Waals surface area contributed by atoms with Crippen LogP contribution in [-0.2, 0) is 11.3 Å². The average Bonchev–Trinajstić information content (AvgIpc) is 2.28. The van der Waals surface area contributed by atoms with Gasteiger partial charge in [-0.1, -0.05) is 12.1 Å². The number of rotatable bonds is 6. The lowest BCUT2D eigenvalue weighted by molar-refractivity contribution is -0.118. The molecule has 0 aliphatic heterocycles. The summed E-state index contributed by atoms with van der Waals surface area (Å²) in [6, 6.07) is 7.79. The van der Waals surface area contributed by atoms with Crippen molar-refractivity contribution in [1.82, 2.24) is 5.32 Å². The topological polar surface area (TPSA) is 38.3 Å². The minimum atomic E-state index is 0.0695. The first-order valence-corrected chi connectivity index (χ1v) is 7.02.